The van der Waals surface area contributed by atoms with Gasteiger partial charge in [-0.2, -0.15) is 5.26 Å². The van der Waals surface area contributed by atoms with E-state index in [-0.39, 0.29) is 18.6 Å². The molecule has 0 bridgehead atoms. The minimum absolute atomic E-state index is 0.0853. The van der Waals surface area contributed by atoms with Gasteiger partial charge >= 0.3 is 0 Å². The highest BCUT2D eigenvalue weighted by Crippen LogP contribution is 2.47. The molecule has 1 atom stereocenters. The highest BCUT2D eigenvalue weighted by Gasteiger charge is 2.36. The maximum absolute atomic E-state index is 9.65. The molecule has 0 unspecified atom stereocenters. The summed E-state index contributed by atoms with van der Waals surface area (Å²) in [6.07, 6.45) is 0. The lowest BCUT2D eigenvalue weighted by molar-refractivity contribution is 0.174. The van der Waals surface area contributed by atoms with E-state index in [9.17, 15) is 5.26 Å². The van der Waals surface area contributed by atoms with Crippen molar-refractivity contribution < 1.29 is 14.2 Å². The number of fused-ring (bicyclic) bond motifs is 2. The van der Waals surface area contributed by atoms with Gasteiger partial charge < -0.3 is 19.9 Å². The number of hydrogen-bond acceptors (Lipinski definition) is 7. The van der Waals surface area contributed by atoms with E-state index < -0.39 is 0 Å². The van der Waals surface area contributed by atoms with Crippen LogP contribution in [-0.4, -0.2) is 17.0 Å². The zero-order valence-electron chi connectivity index (χ0n) is 13.4. The van der Waals surface area contributed by atoms with Crippen LogP contribution in [0.15, 0.2) is 47.2 Å². The molecule has 0 radical (unpaired) electrons. The van der Waals surface area contributed by atoms with Crippen molar-refractivity contribution in [2.24, 2.45) is 5.73 Å². The SMILES string of the molecule is N#CC1=C(N)Oc2n[nH]c(-c3ccc4c(c3)OCO4)c2[C@H]1c1cccs1. The number of H-pyrrole nitrogens is 1. The topological polar surface area (TPSA) is 106 Å². The third-order valence-electron chi connectivity index (χ3n) is 4.43. The van der Waals surface area contributed by atoms with E-state index in [0.717, 1.165) is 21.7 Å². The molecule has 4 heterocycles. The summed E-state index contributed by atoms with van der Waals surface area (Å²) in [5.41, 5.74) is 8.77. The molecule has 1 aromatic carbocycles. The van der Waals surface area contributed by atoms with Gasteiger partial charge in [0.15, 0.2) is 11.5 Å². The summed E-state index contributed by atoms with van der Waals surface area (Å²) in [6, 6.07) is 11.8. The maximum Gasteiger partial charge on any atom is 0.244 e. The lowest BCUT2D eigenvalue weighted by Gasteiger charge is -2.22. The molecule has 0 spiro atoms. The lowest BCUT2D eigenvalue weighted by Crippen LogP contribution is -2.20. The molecule has 128 valence electrons. The number of aromatic amines is 1. The van der Waals surface area contributed by atoms with Crippen molar-refractivity contribution in [3.8, 4) is 34.7 Å². The number of thiophene rings is 1. The number of hydrogen-bond donors (Lipinski definition) is 2. The van der Waals surface area contributed by atoms with Gasteiger partial charge in [-0.3, -0.25) is 5.10 Å². The highest BCUT2D eigenvalue weighted by molar-refractivity contribution is 7.10. The Kier molecular flexibility index (Phi) is 3.17. The van der Waals surface area contributed by atoms with E-state index in [1.54, 1.807) is 11.3 Å². The lowest BCUT2D eigenvalue weighted by atomic mass is 9.87. The summed E-state index contributed by atoms with van der Waals surface area (Å²) in [7, 11) is 0. The van der Waals surface area contributed by atoms with Crippen molar-refractivity contribution in [1.29, 1.82) is 5.26 Å². The number of benzene rings is 1. The smallest absolute Gasteiger partial charge is 0.244 e. The Morgan fingerprint density at radius 1 is 1.27 bits per heavy atom. The second-order valence-electron chi connectivity index (χ2n) is 5.83. The minimum atomic E-state index is -0.331. The maximum atomic E-state index is 9.65. The Morgan fingerprint density at radius 3 is 2.96 bits per heavy atom. The van der Waals surface area contributed by atoms with Crippen molar-refractivity contribution in [3.05, 3.63) is 57.6 Å². The van der Waals surface area contributed by atoms with E-state index >= 15 is 0 Å². The van der Waals surface area contributed by atoms with Crippen molar-refractivity contribution in [2.75, 3.05) is 6.79 Å². The summed E-state index contributed by atoms with van der Waals surface area (Å²) in [4.78, 5) is 0.998. The second-order valence-corrected chi connectivity index (χ2v) is 6.80. The molecular formula is C18H12N4O3S. The van der Waals surface area contributed by atoms with Gasteiger partial charge in [0.1, 0.15) is 11.6 Å². The number of nitrogens with zero attached hydrogens (tertiary/aromatic N) is 2. The first kappa shape index (κ1) is 14.9. The molecule has 0 aliphatic carbocycles. The molecule has 3 aromatic rings. The summed E-state index contributed by atoms with van der Waals surface area (Å²) in [5, 5.41) is 18.9. The van der Waals surface area contributed by atoms with Crippen LogP contribution < -0.4 is 19.9 Å². The first-order valence-corrected chi connectivity index (χ1v) is 8.73. The van der Waals surface area contributed by atoms with E-state index in [1.807, 2.05) is 35.7 Å². The number of nitriles is 1. The molecule has 0 amide bonds. The van der Waals surface area contributed by atoms with E-state index in [0.29, 0.717) is 23.0 Å². The van der Waals surface area contributed by atoms with Crippen LogP contribution in [0, 0.1) is 11.3 Å². The predicted molar refractivity (Wildman–Crippen MR) is 93.8 cm³/mol. The molecule has 3 N–H and O–H groups in total. The first-order valence-electron chi connectivity index (χ1n) is 7.85. The summed E-state index contributed by atoms with van der Waals surface area (Å²) < 4.78 is 16.4. The molecule has 0 saturated carbocycles. The van der Waals surface area contributed by atoms with Gasteiger partial charge in [0, 0.05) is 10.4 Å². The summed E-state index contributed by atoms with van der Waals surface area (Å²) in [6.45, 7) is 0.207. The predicted octanol–water partition coefficient (Wildman–Crippen LogP) is 3.09. The van der Waals surface area contributed by atoms with E-state index in [1.165, 1.54) is 0 Å². The summed E-state index contributed by atoms with van der Waals surface area (Å²) >= 11 is 1.56. The molecule has 0 fully saturated rings. The third-order valence-corrected chi connectivity index (χ3v) is 5.37. The van der Waals surface area contributed by atoms with E-state index in [2.05, 4.69) is 16.3 Å². The Hall–Kier alpha value is -3.44. The van der Waals surface area contributed by atoms with Crippen LogP contribution in [0.25, 0.3) is 11.3 Å². The van der Waals surface area contributed by atoms with Gasteiger partial charge in [0.05, 0.1) is 17.2 Å². The molecule has 26 heavy (non-hydrogen) atoms. The highest BCUT2D eigenvalue weighted by atomic mass is 32.1. The largest absolute Gasteiger partial charge is 0.454 e. The zero-order valence-corrected chi connectivity index (χ0v) is 14.2. The second kappa shape index (κ2) is 5.54. The van der Waals surface area contributed by atoms with Crippen molar-refractivity contribution in [2.45, 2.75) is 5.92 Å². The zero-order chi connectivity index (χ0) is 17.7. The van der Waals surface area contributed by atoms with Crippen molar-refractivity contribution in [3.63, 3.8) is 0 Å². The monoisotopic (exact) mass is 364 g/mol. The number of aromatic nitrogens is 2. The quantitative estimate of drug-likeness (QED) is 0.724. The van der Waals surface area contributed by atoms with Gasteiger partial charge in [-0.1, -0.05) is 6.07 Å². The molecule has 2 aliphatic rings. The Balaban J connectivity index is 1.71. The molecular weight excluding hydrogens is 352 g/mol. The first-order chi connectivity index (χ1) is 12.8. The average Bonchev–Trinajstić information content (AvgIpc) is 3.39. The minimum Gasteiger partial charge on any atom is -0.454 e. The number of ether oxygens (including phenoxy) is 3. The van der Waals surface area contributed by atoms with Crippen LogP contribution in [0.1, 0.15) is 16.4 Å². The van der Waals surface area contributed by atoms with Crippen molar-refractivity contribution >= 4 is 11.3 Å². The average molecular weight is 364 g/mol. The third kappa shape index (κ3) is 2.08. The van der Waals surface area contributed by atoms with Gasteiger partial charge in [-0.05, 0) is 29.6 Å². The molecule has 2 aromatic heterocycles. The van der Waals surface area contributed by atoms with Gasteiger partial charge in [-0.15, -0.1) is 16.4 Å². The fraction of sp³-hybridized carbons (Fsp3) is 0.111. The van der Waals surface area contributed by atoms with Crippen LogP contribution in [-0.2, 0) is 0 Å². The van der Waals surface area contributed by atoms with E-state index in [4.69, 9.17) is 19.9 Å². The fourth-order valence-electron chi connectivity index (χ4n) is 3.26. The number of nitrogens with one attached hydrogen (secondary N) is 1. The Labute approximate surface area is 152 Å². The van der Waals surface area contributed by atoms with Gasteiger partial charge in [-0.25, -0.2) is 0 Å². The standard InChI is InChI=1S/C18H12N4O3S/c19-7-10-14(13-2-1-5-26-13)15-16(21-22-18(15)25-17(10)20)9-3-4-11-12(6-9)24-8-23-11/h1-6,14H,8,20H2,(H,21,22)/t14-/m1/s1. The van der Waals surface area contributed by atoms with Gasteiger partial charge in [0.2, 0.25) is 18.6 Å². The van der Waals surface area contributed by atoms with Crippen LogP contribution in [0.3, 0.4) is 0 Å². The Morgan fingerprint density at radius 2 is 2.15 bits per heavy atom. The molecule has 2 aliphatic heterocycles. The van der Waals surface area contributed by atoms with Crippen LogP contribution in [0.4, 0.5) is 0 Å². The molecule has 5 rings (SSSR count). The van der Waals surface area contributed by atoms with Crippen LogP contribution in [0.5, 0.6) is 17.4 Å². The Bertz CT molecular complexity index is 1080. The van der Waals surface area contributed by atoms with Crippen LogP contribution >= 0.6 is 11.3 Å². The van der Waals surface area contributed by atoms with Crippen molar-refractivity contribution in [1.82, 2.24) is 10.2 Å². The number of allylic oxidation sites excluding steroid dienone is 1. The molecule has 8 heteroatoms. The molecule has 7 nitrogen and oxygen atoms in total. The molecule has 0 saturated heterocycles. The van der Waals surface area contributed by atoms with Gasteiger partial charge in [0.25, 0.3) is 0 Å². The fourth-order valence-corrected chi connectivity index (χ4v) is 4.10. The number of rotatable bonds is 2. The normalized spacial score (nSPS) is 17.6. The van der Waals surface area contributed by atoms with Crippen LogP contribution in [0.2, 0.25) is 0 Å². The summed E-state index contributed by atoms with van der Waals surface area (Å²) in [5.74, 6) is 1.51. The number of nitrogens with two attached hydrogens (primary N) is 1.